The minimum atomic E-state index is -3.13. The van der Waals surface area contributed by atoms with Gasteiger partial charge in [0.05, 0.1) is 29.9 Å². The van der Waals surface area contributed by atoms with Gasteiger partial charge in [-0.05, 0) is 55.5 Å². The van der Waals surface area contributed by atoms with Gasteiger partial charge >= 0.3 is 0 Å². The normalized spacial score (nSPS) is 30.9. The molecule has 2 heterocycles. The third kappa shape index (κ3) is 4.68. The van der Waals surface area contributed by atoms with E-state index in [-0.39, 0.29) is 22.8 Å². The molecule has 3 atom stereocenters. The first kappa shape index (κ1) is 26.6. The third-order valence-electron chi connectivity index (χ3n) is 7.75. The van der Waals surface area contributed by atoms with E-state index in [1.165, 1.54) is 13.2 Å². The molecule has 1 amide bonds. The van der Waals surface area contributed by atoms with Crippen LogP contribution in [0.3, 0.4) is 0 Å². The van der Waals surface area contributed by atoms with E-state index in [2.05, 4.69) is 10.3 Å². The van der Waals surface area contributed by atoms with Crippen LogP contribution in [-0.2, 0) is 21.6 Å². The molecule has 2 aliphatic carbocycles. The first-order chi connectivity index (χ1) is 18.2. The van der Waals surface area contributed by atoms with E-state index in [9.17, 15) is 15.0 Å². The number of hydrogen-bond acceptors (Lipinski definition) is 7. The number of nitrogens with two attached hydrogens (primary N) is 1. The molecule has 1 unspecified atom stereocenters. The molecule has 0 spiro atoms. The number of amides is 1. The highest BCUT2D eigenvalue weighted by molar-refractivity contribution is 6.32. The van der Waals surface area contributed by atoms with Gasteiger partial charge in [-0.2, -0.15) is 0 Å². The van der Waals surface area contributed by atoms with Crippen LogP contribution >= 0.6 is 11.6 Å². The summed E-state index contributed by atoms with van der Waals surface area (Å²) in [6, 6.07) is 10.9. The SMILES string of the molecule is COC1=C(Cl)C=C(C(N)=O)[C@@H](c2cccc3c2CC(CN[C@H]2CC[C@H](O)CC2)(c2ccccn2)O3)[C@]1(O)F. The zero-order valence-electron chi connectivity index (χ0n) is 21.0. The fourth-order valence-corrected chi connectivity index (χ4v) is 6.17. The van der Waals surface area contributed by atoms with Crippen molar-refractivity contribution in [3.05, 3.63) is 81.9 Å². The summed E-state index contributed by atoms with van der Waals surface area (Å²) in [6.07, 6.45) is 6.11. The van der Waals surface area contributed by atoms with Crippen molar-refractivity contribution in [3.8, 4) is 5.75 Å². The number of benzene rings is 1. The maximum atomic E-state index is 16.1. The minimum absolute atomic E-state index is 0.177. The topological polar surface area (TPSA) is 127 Å². The lowest BCUT2D eigenvalue weighted by atomic mass is 9.77. The van der Waals surface area contributed by atoms with Gasteiger partial charge < -0.3 is 30.7 Å². The average Bonchev–Trinajstić information content (AvgIpc) is 3.29. The van der Waals surface area contributed by atoms with E-state index in [1.807, 2.05) is 18.2 Å². The number of nitrogens with zero attached hydrogens (tertiary/aromatic N) is 1. The highest BCUT2D eigenvalue weighted by atomic mass is 35.5. The first-order valence-electron chi connectivity index (χ1n) is 12.7. The Morgan fingerprint density at radius 2 is 2.03 bits per heavy atom. The molecule has 0 bridgehead atoms. The van der Waals surface area contributed by atoms with E-state index in [4.69, 9.17) is 26.8 Å². The molecule has 1 fully saturated rings. The predicted molar refractivity (Wildman–Crippen MR) is 139 cm³/mol. The fraction of sp³-hybridized carbons (Fsp3) is 0.429. The number of carbonyl (C=O) groups excluding carboxylic acids is 1. The van der Waals surface area contributed by atoms with Crippen LogP contribution in [0, 0.1) is 0 Å². The largest absolute Gasteiger partial charge is 0.494 e. The predicted octanol–water partition coefficient (Wildman–Crippen LogP) is 3.07. The van der Waals surface area contributed by atoms with Crippen molar-refractivity contribution in [3.63, 3.8) is 0 Å². The van der Waals surface area contributed by atoms with Gasteiger partial charge in [0.2, 0.25) is 5.91 Å². The van der Waals surface area contributed by atoms with Crippen molar-refractivity contribution >= 4 is 17.5 Å². The molecule has 3 aliphatic rings. The lowest BCUT2D eigenvalue weighted by molar-refractivity contribution is -0.122. The van der Waals surface area contributed by atoms with Gasteiger partial charge in [0, 0.05) is 36.3 Å². The smallest absolute Gasteiger partial charge is 0.277 e. The lowest BCUT2D eigenvalue weighted by Gasteiger charge is -2.35. The zero-order valence-corrected chi connectivity index (χ0v) is 21.7. The molecule has 10 heteroatoms. The van der Waals surface area contributed by atoms with Crippen molar-refractivity contribution in [1.29, 1.82) is 0 Å². The molecular formula is C28H31ClFN3O5. The Bertz CT molecular complexity index is 1280. The highest BCUT2D eigenvalue weighted by Gasteiger charge is 2.53. The van der Waals surface area contributed by atoms with Crippen LogP contribution in [0.1, 0.15) is 48.4 Å². The number of alkyl halides is 1. The number of nitrogens with one attached hydrogen (secondary N) is 1. The Morgan fingerprint density at radius 1 is 1.26 bits per heavy atom. The van der Waals surface area contributed by atoms with Crippen LogP contribution in [0.4, 0.5) is 4.39 Å². The van der Waals surface area contributed by atoms with E-state index < -0.39 is 29.0 Å². The van der Waals surface area contributed by atoms with E-state index in [1.54, 1.807) is 24.4 Å². The molecule has 1 aromatic heterocycles. The summed E-state index contributed by atoms with van der Waals surface area (Å²) in [4.78, 5) is 17.0. The van der Waals surface area contributed by atoms with Gasteiger partial charge in [-0.15, -0.1) is 0 Å². The summed E-state index contributed by atoms with van der Waals surface area (Å²) in [5, 5.41) is 24.3. The van der Waals surface area contributed by atoms with Crippen LogP contribution in [-0.4, -0.2) is 52.8 Å². The summed E-state index contributed by atoms with van der Waals surface area (Å²) in [5.41, 5.74) is 6.18. The number of fused-ring (bicyclic) bond motifs is 1. The van der Waals surface area contributed by atoms with Crippen molar-refractivity contribution in [2.45, 2.75) is 61.6 Å². The molecule has 38 heavy (non-hydrogen) atoms. The summed E-state index contributed by atoms with van der Waals surface area (Å²) in [7, 11) is 1.20. The number of carbonyl (C=O) groups is 1. The zero-order chi connectivity index (χ0) is 27.1. The lowest BCUT2D eigenvalue weighted by Crippen LogP contribution is -2.47. The second kappa shape index (κ2) is 10.3. The number of primary amides is 1. The van der Waals surface area contributed by atoms with Crippen molar-refractivity contribution in [1.82, 2.24) is 10.3 Å². The molecular weight excluding hydrogens is 513 g/mol. The van der Waals surface area contributed by atoms with Gasteiger partial charge in [0.25, 0.3) is 5.85 Å². The van der Waals surface area contributed by atoms with Gasteiger partial charge in [0.1, 0.15) is 5.75 Å². The number of ether oxygens (including phenoxy) is 2. The van der Waals surface area contributed by atoms with Crippen molar-refractivity contribution < 1.29 is 28.9 Å². The Labute approximate surface area is 225 Å². The van der Waals surface area contributed by atoms with Gasteiger partial charge in [0.15, 0.2) is 11.4 Å². The molecule has 5 N–H and O–H groups in total. The van der Waals surface area contributed by atoms with Crippen molar-refractivity contribution in [2.75, 3.05) is 13.7 Å². The molecule has 8 nitrogen and oxygen atoms in total. The molecule has 5 rings (SSSR count). The maximum absolute atomic E-state index is 16.1. The number of methoxy groups -OCH3 is 1. The third-order valence-corrected chi connectivity index (χ3v) is 8.03. The molecule has 0 saturated heterocycles. The Kier molecular flexibility index (Phi) is 7.21. The van der Waals surface area contributed by atoms with Gasteiger partial charge in [-0.3, -0.25) is 9.78 Å². The van der Waals surface area contributed by atoms with Crippen LogP contribution in [0.2, 0.25) is 0 Å². The number of aliphatic hydroxyl groups excluding tert-OH is 1. The Hall–Kier alpha value is -2.98. The monoisotopic (exact) mass is 543 g/mol. The number of pyridine rings is 1. The molecule has 2 aromatic rings. The fourth-order valence-electron chi connectivity index (χ4n) is 5.84. The standard InChI is InChI=1S/C28H31ClFN3O5/c1-37-25-21(29)13-19(26(31)35)24(28(25,30)36)18-5-4-6-22-20(18)14-27(38-22,23-7-2-3-12-32-23)15-33-16-8-10-17(34)11-9-16/h2-7,12-13,16-17,24,33-34,36H,8-11,14-15H2,1H3,(H2,31,35)/t16-,17-,24-,27?,28-/m1/s1. The summed E-state index contributed by atoms with van der Waals surface area (Å²) < 4.78 is 27.8. The Balaban J connectivity index is 1.54. The summed E-state index contributed by atoms with van der Waals surface area (Å²) in [5.74, 6) is -5.52. The summed E-state index contributed by atoms with van der Waals surface area (Å²) in [6.45, 7) is 0.414. The second-order valence-corrected chi connectivity index (χ2v) is 10.6. The second-order valence-electron chi connectivity index (χ2n) is 10.1. The minimum Gasteiger partial charge on any atom is -0.494 e. The van der Waals surface area contributed by atoms with Gasteiger partial charge in [-0.25, -0.2) is 4.39 Å². The van der Waals surface area contributed by atoms with E-state index in [0.717, 1.165) is 25.7 Å². The number of hydrogen-bond donors (Lipinski definition) is 4. The van der Waals surface area contributed by atoms with Crippen LogP contribution < -0.4 is 15.8 Å². The number of allylic oxidation sites excluding steroid dienone is 2. The number of halogens is 2. The van der Waals surface area contributed by atoms with Crippen LogP contribution in [0.25, 0.3) is 0 Å². The quantitative estimate of drug-likeness (QED) is 0.423. The average molecular weight is 544 g/mol. The molecule has 1 aromatic carbocycles. The highest BCUT2D eigenvalue weighted by Crippen LogP contribution is 2.51. The van der Waals surface area contributed by atoms with E-state index in [0.29, 0.717) is 35.5 Å². The first-order valence-corrected chi connectivity index (χ1v) is 13.0. The number of aromatic nitrogens is 1. The molecule has 0 radical (unpaired) electrons. The summed E-state index contributed by atoms with van der Waals surface area (Å²) >= 11 is 6.14. The maximum Gasteiger partial charge on any atom is 0.277 e. The van der Waals surface area contributed by atoms with Crippen molar-refractivity contribution in [2.24, 2.45) is 5.73 Å². The van der Waals surface area contributed by atoms with Crippen LogP contribution in [0.5, 0.6) is 5.75 Å². The Morgan fingerprint density at radius 3 is 2.68 bits per heavy atom. The number of aliphatic hydroxyl groups is 2. The van der Waals surface area contributed by atoms with E-state index >= 15 is 4.39 Å². The molecule has 1 aliphatic heterocycles. The van der Waals surface area contributed by atoms with Gasteiger partial charge in [-0.1, -0.05) is 29.8 Å². The van der Waals surface area contributed by atoms with Crippen LogP contribution in [0.15, 0.2) is 65.0 Å². The molecule has 1 saturated carbocycles. The number of rotatable bonds is 7. The molecule has 202 valence electrons.